The maximum atomic E-state index is 12.8. The standard InChI is InChI=1S/C23H29NO4Si/c1-15(2)23(28-29(3,4)18-8-6-5-7-9-18)27-13-12-24-21(25)19-16-10-11-17(14-16)20(19)22(24)26/h5-11,16-17,19-20H,12-14H2,1-4H3/t16-,17+,19?,20?. The molecule has 0 spiro atoms. The van der Waals surface area contributed by atoms with Gasteiger partial charge in [-0.1, -0.05) is 42.5 Å². The summed E-state index contributed by atoms with van der Waals surface area (Å²) in [6.45, 7) is 8.69. The summed E-state index contributed by atoms with van der Waals surface area (Å²) in [5, 5.41) is 1.18. The van der Waals surface area contributed by atoms with Gasteiger partial charge >= 0.3 is 0 Å². The first kappa shape index (κ1) is 20.0. The van der Waals surface area contributed by atoms with Crippen LogP contribution in [-0.4, -0.2) is 38.2 Å². The fourth-order valence-corrected chi connectivity index (χ4v) is 6.66. The van der Waals surface area contributed by atoms with Crippen molar-refractivity contribution in [2.75, 3.05) is 13.2 Å². The van der Waals surface area contributed by atoms with E-state index in [1.165, 1.54) is 10.1 Å². The molecular weight excluding hydrogens is 382 g/mol. The highest BCUT2D eigenvalue weighted by Crippen LogP contribution is 2.52. The van der Waals surface area contributed by atoms with E-state index in [1.54, 1.807) is 0 Å². The number of hydrogen-bond donors (Lipinski definition) is 0. The summed E-state index contributed by atoms with van der Waals surface area (Å²) in [5.74, 6) is 0.621. The molecule has 6 heteroatoms. The predicted octanol–water partition coefficient (Wildman–Crippen LogP) is 3.19. The number of hydrogen-bond acceptors (Lipinski definition) is 4. The van der Waals surface area contributed by atoms with Gasteiger partial charge < -0.3 is 9.16 Å². The molecule has 1 aromatic carbocycles. The van der Waals surface area contributed by atoms with E-state index < -0.39 is 8.32 Å². The van der Waals surface area contributed by atoms with Gasteiger partial charge in [-0.2, -0.15) is 0 Å². The molecule has 3 aliphatic rings. The van der Waals surface area contributed by atoms with E-state index in [2.05, 4.69) is 37.4 Å². The van der Waals surface area contributed by atoms with Gasteiger partial charge in [-0.3, -0.25) is 14.5 Å². The number of fused-ring (bicyclic) bond motifs is 5. The number of nitrogens with zero attached hydrogens (tertiary/aromatic N) is 1. The zero-order chi connectivity index (χ0) is 20.8. The van der Waals surface area contributed by atoms with Gasteiger partial charge in [0, 0.05) is 5.57 Å². The maximum absolute atomic E-state index is 12.8. The number of likely N-dealkylation sites (tertiary alicyclic amines) is 1. The Balaban J connectivity index is 1.37. The number of benzene rings is 1. The molecule has 1 aliphatic heterocycles. The van der Waals surface area contributed by atoms with Gasteiger partial charge in [0.05, 0.1) is 18.4 Å². The van der Waals surface area contributed by atoms with Crippen molar-refractivity contribution >= 4 is 25.3 Å². The SMILES string of the molecule is CC(C)=C(OCCN1C(=O)C2C(C1=O)[C@H]1C=C[C@@H]2C1)O[Si](C)(C)c1ccccc1. The molecule has 0 aromatic heterocycles. The van der Waals surface area contributed by atoms with Crippen LogP contribution in [0.25, 0.3) is 0 Å². The van der Waals surface area contributed by atoms with Crippen molar-refractivity contribution in [3.63, 3.8) is 0 Å². The number of carbonyl (C=O) groups excluding carboxylic acids is 2. The molecule has 4 atom stereocenters. The zero-order valence-corrected chi connectivity index (χ0v) is 18.6. The molecule has 1 saturated heterocycles. The third kappa shape index (κ3) is 3.54. The summed E-state index contributed by atoms with van der Waals surface area (Å²) in [7, 11) is -2.18. The molecule has 1 saturated carbocycles. The summed E-state index contributed by atoms with van der Waals surface area (Å²) >= 11 is 0. The smallest absolute Gasteiger partial charge is 0.280 e. The number of allylic oxidation sites excluding steroid dienone is 3. The molecule has 2 bridgehead atoms. The van der Waals surface area contributed by atoms with Crippen molar-refractivity contribution in [3.05, 3.63) is 54.0 Å². The second-order valence-electron chi connectivity index (χ2n) is 8.94. The first-order valence-corrected chi connectivity index (χ1v) is 13.3. The van der Waals surface area contributed by atoms with Crippen LogP contribution in [0.1, 0.15) is 20.3 Å². The molecule has 154 valence electrons. The Morgan fingerprint density at radius 1 is 1.03 bits per heavy atom. The molecule has 2 unspecified atom stereocenters. The minimum atomic E-state index is -2.18. The van der Waals surface area contributed by atoms with E-state index >= 15 is 0 Å². The monoisotopic (exact) mass is 411 g/mol. The van der Waals surface area contributed by atoms with Crippen LogP contribution < -0.4 is 5.19 Å². The Hall–Kier alpha value is -2.34. The third-order valence-electron chi connectivity index (χ3n) is 6.33. The Morgan fingerprint density at radius 2 is 1.62 bits per heavy atom. The second kappa shape index (κ2) is 7.48. The average molecular weight is 412 g/mol. The largest absolute Gasteiger partial charge is 0.515 e. The lowest BCUT2D eigenvalue weighted by atomic mass is 9.85. The van der Waals surface area contributed by atoms with Crippen LogP contribution >= 0.6 is 0 Å². The molecule has 4 rings (SSSR count). The Bertz CT molecular complexity index is 842. The summed E-state index contributed by atoms with van der Waals surface area (Å²) in [4.78, 5) is 27.0. The van der Waals surface area contributed by atoms with Crippen molar-refractivity contribution in [1.82, 2.24) is 4.90 Å². The van der Waals surface area contributed by atoms with Gasteiger partial charge in [0.1, 0.15) is 6.61 Å². The molecule has 2 fully saturated rings. The fraction of sp³-hybridized carbons (Fsp3) is 0.478. The molecular formula is C23H29NO4Si. The van der Waals surface area contributed by atoms with Gasteiger partial charge in [0.2, 0.25) is 11.8 Å². The van der Waals surface area contributed by atoms with Crippen molar-refractivity contribution in [2.45, 2.75) is 33.4 Å². The minimum Gasteiger partial charge on any atom is -0.515 e. The van der Waals surface area contributed by atoms with Gasteiger partial charge in [-0.25, -0.2) is 0 Å². The summed E-state index contributed by atoms with van der Waals surface area (Å²) < 4.78 is 12.3. The Labute approximate surface area is 173 Å². The molecule has 2 aliphatic carbocycles. The highest BCUT2D eigenvalue weighted by atomic mass is 28.4. The summed E-state index contributed by atoms with van der Waals surface area (Å²) in [6, 6.07) is 10.2. The van der Waals surface area contributed by atoms with Crippen LogP contribution in [-0.2, 0) is 18.8 Å². The van der Waals surface area contributed by atoms with Crippen molar-refractivity contribution in [3.8, 4) is 0 Å². The van der Waals surface area contributed by atoms with Crippen molar-refractivity contribution in [2.24, 2.45) is 23.7 Å². The molecule has 0 N–H and O–H groups in total. The van der Waals surface area contributed by atoms with Crippen LogP contribution in [0, 0.1) is 23.7 Å². The van der Waals surface area contributed by atoms with E-state index in [9.17, 15) is 9.59 Å². The lowest BCUT2D eigenvalue weighted by Crippen LogP contribution is -2.45. The van der Waals surface area contributed by atoms with E-state index in [0.29, 0.717) is 5.95 Å². The van der Waals surface area contributed by atoms with Gasteiger partial charge in [-0.05, 0) is 50.4 Å². The van der Waals surface area contributed by atoms with E-state index in [1.807, 2.05) is 32.0 Å². The summed E-state index contributed by atoms with van der Waals surface area (Å²) in [5.41, 5.74) is 0.944. The Morgan fingerprint density at radius 3 is 2.17 bits per heavy atom. The van der Waals surface area contributed by atoms with Gasteiger partial charge in [0.15, 0.2) is 0 Å². The summed E-state index contributed by atoms with van der Waals surface area (Å²) in [6.07, 6.45) is 5.18. The lowest BCUT2D eigenvalue weighted by Gasteiger charge is -2.27. The number of imide groups is 1. The minimum absolute atomic E-state index is 0.0286. The topological polar surface area (TPSA) is 55.8 Å². The molecule has 2 amide bonds. The van der Waals surface area contributed by atoms with E-state index in [-0.39, 0.29) is 48.6 Å². The second-order valence-corrected chi connectivity index (χ2v) is 12.7. The highest BCUT2D eigenvalue weighted by molar-refractivity contribution is 6.84. The predicted molar refractivity (Wildman–Crippen MR) is 113 cm³/mol. The molecule has 0 radical (unpaired) electrons. The van der Waals surface area contributed by atoms with Gasteiger partial charge in [0.25, 0.3) is 14.3 Å². The first-order valence-electron chi connectivity index (χ1n) is 10.4. The van der Waals surface area contributed by atoms with Crippen LogP contribution in [0.2, 0.25) is 13.1 Å². The highest BCUT2D eigenvalue weighted by Gasteiger charge is 2.59. The third-order valence-corrected chi connectivity index (χ3v) is 8.75. The number of carbonyl (C=O) groups is 2. The number of rotatable bonds is 7. The Kier molecular flexibility index (Phi) is 5.15. The van der Waals surface area contributed by atoms with Crippen molar-refractivity contribution < 1.29 is 18.8 Å². The maximum Gasteiger partial charge on any atom is 0.280 e. The average Bonchev–Trinajstić information content (AvgIpc) is 3.37. The van der Waals surface area contributed by atoms with Crippen LogP contribution in [0.3, 0.4) is 0 Å². The molecule has 1 aromatic rings. The van der Waals surface area contributed by atoms with Crippen LogP contribution in [0.4, 0.5) is 0 Å². The van der Waals surface area contributed by atoms with Crippen LogP contribution in [0.15, 0.2) is 54.0 Å². The van der Waals surface area contributed by atoms with E-state index in [0.717, 1.165) is 12.0 Å². The fourth-order valence-electron chi connectivity index (χ4n) is 4.82. The molecule has 5 nitrogen and oxygen atoms in total. The van der Waals surface area contributed by atoms with Crippen LogP contribution in [0.5, 0.6) is 0 Å². The lowest BCUT2D eigenvalue weighted by molar-refractivity contribution is -0.141. The molecule has 29 heavy (non-hydrogen) atoms. The quantitative estimate of drug-likeness (QED) is 0.299. The van der Waals surface area contributed by atoms with Gasteiger partial charge in [-0.15, -0.1) is 0 Å². The molecule has 1 heterocycles. The number of ether oxygens (including phenoxy) is 1. The van der Waals surface area contributed by atoms with Crippen molar-refractivity contribution in [1.29, 1.82) is 0 Å². The first-order chi connectivity index (χ1) is 13.8. The normalized spacial score (nSPS) is 27.4. The number of amides is 2. The zero-order valence-electron chi connectivity index (χ0n) is 17.6. The van der Waals surface area contributed by atoms with E-state index in [4.69, 9.17) is 9.16 Å².